The third-order valence-electron chi connectivity index (χ3n) is 10.9. The normalized spacial score (nSPS) is 11.8. The van der Waals surface area contributed by atoms with Crippen LogP contribution in [-0.4, -0.2) is 17.5 Å². The average Bonchev–Trinajstić information content (AvgIpc) is 3.32. The van der Waals surface area contributed by atoms with Crippen molar-refractivity contribution in [2.75, 3.05) is 0 Å². The van der Waals surface area contributed by atoms with Gasteiger partial charge in [-0.25, -0.2) is 9.59 Å². The molecule has 8 heteroatoms. The summed E-state index contributed by atoms with van der Waals surface area (Å²) in [6.45, 7) is 19.0. The third kappa shape index (κ3) is 12.4. The highest BCUT2D eigenvalue weighted by Gasteiger charge is 2.38. The lowest BCUT2D eigenvalue weighted by molar-refractivity contribution is -0.129. The van der Waals surface area contributed by atoms with Crippen LogP contribution < -0.4 is 20.1 Å². The quantitative estimate of drug-likeness (QED) is 0.0520. The van der Waals surface area contributed by atoms with Crippen LogP contribution in [-0.2, 0) is 20.6 Å². The Morgan fingerprint density at radius 3 is 1.55 bits per heavy atom. The van der Waals surface area contributed by atoms with E-state index in [4.69, 9.17) is 14.7 Å². The molecule has 0 N–H and O–H groups in total. The van der Waals surface area contributed by atoms with Gasteiger partial charge in [-0.1, -0.05) is 172 Å². The van der Waals surface area contributed by atoms with Crippen molar-refractivity contribution in [1.29, 1.82) is 5.26 Å². The molecule has 7 aromatic carbocycles. The number of rotatable bonds is 12. The van der Waals surface area contributed by atoms with E-state index >= 15 is 0 Å². The van der Waals surface area contributed by atoms with Crippen molar-refractivity contribution in [2.24, 2.45) is 5.92 Å². The number of hydrogen-bond donors (Lipinski definition) is 0. The number of ether oxygens (including phenoxy) is 2. The Bertz CT molecular complexity index is 2810. The fraction of sp³-hybridized carbons (Fsp3) is 0.158. The van der Waals surface area contributed by atoms with Crippen LogP contribution in [0.1, 0.15) is 64.0 Å². The molecule has 65 heavy (non-hydrogen) atoms. The van der Waals surface area contributed by atoms with Gasteiger partial charge in [0.25, 0.3) is 0 Å². The fourth-order valence-electron chi connectivity index (χ4n) is 7.29. The molecule has 0 heterocycles. The molecule has 0 radical (unpaired) electrons. The second-order valence-corrected chi connectivity index (χ2v) is 18.5. The largest absolute Gasteiger partial charge is 0.423 e. The van der Waals surface area contributed by atoms with Gasteiger partial charge in [-0.15, -0.1) is 0 Å². The molecule has 0 amide bonds. The molecule has 0 bridgehead atoms. The number of nitriles is 1. The van der Waals surface area contributed by atoms with Crippen LogP contribution in [0.4, 0.5) is 0 Å². The van der Waals surface area contributed by atoms with E-state index in [1.165, 1.54) is 17.5 Å². The SMILES string of the molecule is C=CC(=O)Oc1ccc(OC(=O)C=C)c2ccccc12.CCC(C)Cc1ccc(-c2ccc(C#N)cc2)cc1.Cc1ccc(P(=O)(C(=O)c2c(C)cc(C)cc2C)c2ccccc2)cc1. The van der Waals surface area contributed by atoms with Gasteiger partial charge in [0.05, 0.1) is 11.6 Å². The van der Waals surface area contributed by atoms with Gasteiger partial charge in [0.1, 0.15) is 11.5 Å². The molecule has 0 saturated heterocycles. The highest BCUT2D eigenvalue weighted by Crippen LogP contribution is 2.48. The summed E-state index contributed by atoms with van der Waals surface area (Å²) in [4.78, 5) is 36.2. The van der Waals surface area contributed by atoms with Gasteiger partial charge in [-0.05, 0) is 92.1 Å². The lowest BCUT2D eigenvalue weighted by Crippen LogP contribution is -2.23. The van der Waals surface area contributed by atoms with Gasteiger partial charge < -0.3 is 14.0 Å². The Balaban J connectivity index is 0.000000186. The molecule has 0 spiro atoms. The molecule has 0 aliphatic rings. The van der Waals surface area contributed by atoms with E-state index < -0.39 is 19.1 Å². The molecule has 0 aromatic heterocycles. The number of fused-ring (bicyclic) bond motifs is 1. The number of carbonyl (C=O) groups is 3. The maximum atomic E-state index is 14.3. The first kappa shape index (κ1) is 48.6. The van der Waals surface area contributed by atoms with Gasteiger partial charge in [-0.3, -0.25) is 4.79 Å². The molecule has 328 valence electrons. The van der Waals surface area contributed by atoms with Crippen LogP contribution >= 0.6 is 7.14 Å². The maximum absolute atomic E-state index is 14.3. The summed E-state index contributed by atoms with van der Waals surface area (Å²) in [6.07, 6.45) is 4.53. The summed E-state index contributed by atoms with van der Waals surface area (Å²) >= 11 is 0. The summed E-state index contributed by atoms with van der Waals surface area (Å²) in [5.41, 5.74) is 8.66. The Kier molecular flexibility index (Phi) is 17.1. The summed E-state index contributed by atoms with van der Waals surface area (Å²) in [5, 5.41) is 11.3. The first-order valence-corrected chi connectivity index (χ1v) is 23.1. The van der Waals surface area contributed by atoms with E-state index in [0.717, 1.165) is 52.3 Å². The molecule has 7 nitrogen and oxygen atoms in total. The zero-order valence-corrected chi connectivity index (χ0v) is 38.7. The summed E-state index contributed by atoms with van der Waals surface area (Å²) in [7, 11) is -3.46. The smallest absolute Gasteiger partial charge is 0.335 e. The standard InChI is InChI=1S/C23H23O2P.C18H19N.C16H12O4/c1-16-10-12-21(13-11-16)26(25,20-8-6-5-7-9-20)23(24)22-18(3)14-17(2)15-19(22)4;1-3-14(2)12-15-4-8-17(9-5-15)18-10-6-16(13-19)7-11-18;1-3-15(17)19-13-9-10-14(20-16(18)4-2)12-8-6-5-7-11(12)13/h5-15H,1-4H3;4-11,14H,3,12H2,1-2H3;3-10H,1-2H2. The number of esters is 2. The predicted octanol–water partition coefficient (Wildman–Crippen LogP) is 12.9. The fourth-order valence-corrected chi connectivity index (χ4v) is 9.89. The zero-order chi connectivity index (χ0) is 47.1. The van der Waals surface area contributed by atoms with Crippen molar-refractivity contribution in [2.45, 2.75) is 54.4 Å². The minimum atomic E-state index is -3.46. The molecule has 2 atom stereocenters. The van der Waals surface area contributed by atoms with Crippen LogP contribution in [0.2, 0.25) is 0 Å². The van der Waals surface area contributed by atoms with Crippen LogP contribution in [0, 0.1) is 44.9 Å². The monoisotopic (exact) mass is 879 g/mol. The van der Waals surface area contributed by atoms with Crippen LogP contribution in [0.5, 0.6) is 11.5 Å². The minimum Gasteiger partial charge on any atom is -0.423 e. The number of carbonyl (C=O) groups excluding carboxylic acids is 3. The molecule has 7 aromatic rings. The van der Waals surface area contributed by atoms with Crippen molar-refractivity contribution >= 4 is 46.0 Å². The van der Waals surface area contributed by atoms with Crippen LogP contribution in [0.25, 0.3) is 21.9 Å². The number of benzene rings is 7. The third-order valence-corrected chi connectivity index (χ3v) is 13.7. The van der Waals surface area contributed by atoms with E-state index in [9.17, 15) is 18.9 Å². The van der Waals surface area contributed by atoms with Gasteiger partial charge >= 0.3 is 11.9 Å². The van der Waals surface area contributed by atoms with Gasteiger partial charge in [-0.2, -0.15) is 5.26 Å². The molecule has 0 saturated carbocycles. The van der Waals surface area contributed by atoms with Crippen molar-refractivity contribution in [1.82, 2.24) is 0 Å². The highest BCUT2D eigenvalue weighted by atomic mass is 31.2. The maximum Gasteiger partial charge on any atom is 0.335 e. The summed E-state index contributed by atoms with van der Waals surface area (Å²) in [6, 6.07) is 49.4. The molecular weight excluding hydrogens is 826 g/mol. The molecule has 0 fully saturated rings. The van der Waals surface area contributed by atoms with E-state index in [-0.39, 0.29) is 5.52 Å². The molecule has 7 rings (SSSR count). The first-order chi connectivity index (χ1) is 31.2. The summed E-state index contributed by atoms with van der Waals surface area (Å²) < 4.78 is 24.6. The Morgan fingerprint density at radius 1 is 0.631 bits per heavy atom. The van der Waals surface area contributed by atoms with Crippen molar-refractivity contribution in [3.8, 4) is 28.7 Å². The topological polar surface area (TPSA) is 111 Å². The van der Waals surface area contributed by atoms with E-state index in [0.29, 0.717) is 44.0 Å². The molecule has 0 aliphatic heterocycles. The molecule has 2 unspecified atom stereocenters. The van der Waals surface area contributed by atoms with Crippen LogP contribution in [0.15, 0.2) is 177 Å². The van der Waals surface area contributed by atoms with Crippen molar-refractivity contribution < 1.29 is 28.4 Å². The first-order valence-electron chi connectivity index (χ1n) is 21.4. The van der Waals surface area contributed by atoms with Crippen molar-refractivity contribution in [3.63, 3.8) is 0 Å². The lowest BCUT2D eigenvalue weighted by atomic mass is 9.96. The molecule has 0 aliphatic carbocycles. The minimum absolute atomic E-state index is 0.289. The Morgan fingerprint density at radius 2 is 1.09 bits per heavy atom. The zero-order valence-electron chi connectivity index (χ0n) is 37.8. The lowest BCUT2D eigenvalue weighted by Gasteiger charge is -2.21. The highest BCUT2D eigenvalue weighted by molar-refractivity contribution is 7.93. The van der Waals surface area contributed by atoms with Crippen molar-refractivity contribution in [3.05, 3.63) is 216 Å². The molecular formula is C57H54NO6P. The van der Waals surface area contributed by atoms with Crippen LogP contribution in [0.3, 0.4) is 0 Å². The second-order valence-electron chi connectivity index (χ2n) is 15.8. The Labute approximate surface area is 383 Å². The Hall–Kier alpha value is -7.39. The number of nitrogens with zero attached hydrogens (tertiary/aromatic N) is 1. The van der Waals surface area contributed by atoms with E-state index in [1.54, 1.807) is 48.5 Å². The van der Waals surface area contributed by atoms with E-state index in [2.05, 4.69) is 57.3 Å². The number of hydrogen-bond acceptors (Lipinski definition) is 7. The van der Waals surface area contributed by atoms with Gasteiger partial charge in [0, 0.05) is 39.1 Å². The van der Waals surface area contributed by atoms with Gasteiger partial charge in [0.2, 0.25) is 12.7 Å². The van der Waals surface area contributed by atoms with E-state index in [1.807, 2.05) is 107 Å². The second kappa shape index (κ2) is 22.8. The average molecular weight is 880 g/mol. The number of aryl methyl sites for hydroxylation is 4. The summed E-state index contributed by atoms with van der Waals surface area (Å²) in [5.74, 6) is 0.394. The van der Waals surface area contributed by atoms with Gasteiger partial charge in [0.15, 0.2) is 0 Å². The predicted molar refractivity (Wildman–Crippen MR) is 265 cm³/mol.